The Labute approximate surface area is 349 Å². The van der Waals surface area contributed by atoms with E-state index in [4.69, 9.17) is 16.6 Å². The molecule has 2 aliphatic heterocycles. The Bertz CT molecular complexity index is 2400. The number of amides is 3. The van der Waals surface area contributed by atoms with Crippen LogP contribution in [0.1, 0.15) is 59.3 Å². The summed E-state index contributed by atoms with van der Waals surface area (Å²) in [7, 11) is 5.87. The van der Waals surface area contributed by atoms with Crippen molar-refractivity contribution in [3.8, 4) is 0 Å². The van der Waals surface area contributed by atoms with E-state index in [1.54, 1.807) is 30.3 Å². The molecule has 0 spiro atoms. The van der Waals surface area contributed by atoms with Gasteiger partial charge in [0.25, 0.3) is 11.5 Å². The number of nitrogens with one attached hydrogen (secondary N) is 2. The molecule has 3 N–H and O–H groups in total. The van der Waals surface area contributed by atoms with Gasteiger partial charge in [-0.3, -0.25) is 28.7 Å². The highest BCUT2D eigenvalue weighted by Crippen LogP contribution is 2.32. The van der Waals surface area contributed by atoms with Crippen LogP contribution in [0, 0.1) is 5.92 Å². The van der Waals surface area contributed by atoms with Crippen LogP contribution < -0.4 is 16.2 Å². The Kier molecular flexibility index (Phi) is 13.1. The molecule has 2 aliphatic rings. The van der Waals surface area contributed by atoms with E-state index in [2.05, 4.69) is 27.6 Å². The number of carbonyl (C=O) groups excluding carboxylic acids is 3. The number of nitrogens with zero attached hydrogens (tertiary/aromatic N) is 6. The van der Waals surface area contributed by atoms with Crippen LogP contribution in [0.4, 0.5) is 5.69 Å². The predicted molar refractivity (Wildman–Crippen MR) is 231 cm³/mol. The number of halogens is 1. The lowest BCUT2D eigenvalue weighted by atomic mass is 9.88. The molecule has 0 bridgehead atoms. The number of likely N-dealkylation sites (N-methyl/N-ethyl adjacent to an activating group) is 1. The van der Waals surface area contributed by atoms with E-state index in [0.717, 1.165) is 41.7 Å². The Morgan fingerprint density at radius 2 is 1.75 bits per heavy atom. The summed E-state index contributed by atoms with van der Waals surface area (Å²) in [5.74, 6) is -0.623. The molecule has 5 aromatic rings. The van der Waals surface area contributed by atoms with Gasteiger partial charge in [-0.2, -0.15) is 0 Å². The average molecular weight is 821 g/mol. The van der Waals surface area contributed by atoms with Crippen molar-refractivity contribution >= 4 is 56.8 Å². The van der Waals surface area contributed by atoms with E-state index in [0.29, 0.717) is 97.4 Å². The summed E-state index contributed by atoms with van der Waals surface area (Å²) >= 11 is 6.78. The number of likely N-dealkylation sites (tertiary alicyclic amines) is 1. The van der Waals surface area contributed by atoms with Crippen molar-refractivity contribution in [1.82, 2.24) is 34.6 Å². The summed E-state index contributed by atoms with van der Waals surface area (Å²) in [6.07, 6.45) is 4.98. The molecule has 4 heterocycles. The van der Waals surface area contributed by atoms with Crippen molar-refractivity contribution in [2.24, 2.45) is 5.92 Å². The largest absolute Gasteiger partial charge is 0.388 e. The Morgan fingerprint density at radius 1 is 0.983 bits per heavy atom. The van der Waals surface area contributed by atoms with Gasteiger partial charge in [0.2, 0.25) is 11.8 Å². The lowest BCUT2D eigenvalue weighted by Crippen LogP contribution is -2.51. The van der Waals surface area contributed by atoms with Gasteiger partial charge in [0.1, 0.15) is 0 Å². The summed E-state index contributed by atoms with van der Waals surface area (Å²) in [6.45, 7) is 3.42. The van der Waals surface area contributed by atoms with Crippen LogP contribution in [0.5, 0.6) is 0 Å². The molecule has 1 saturated heterocycles. The van der Waals surface area contributed by atoms with Gasteiger partial charge in [-0.1, -0.05) is 48.0 Å². The first-order valence-corrected chi connectivity index (χ1v) is 20.8. The Morgan fingerprint density at radius 3 is 2.51 bits per heavy atom. The van der Waals surface area contributed by atoms with Gasteiger partial charge < -0.3 is 30.4 Å². The first kappa shape index (κ1) is 41.9. The Balaban J connectivity index is 0.948. The van der Waals surface area contributed by atoms with Gasteiger partial charge >= 0.3 is 0 Å². The van der Waals surface area contributed by atoms with Crippen LogP contribution in [-0.2, 0) is 35.5 Å². The molecule has 13 nitrogen and oxygen atoms in total. The normalized spacial score (nSPS) is 15.9. The van der Waals surface area contributed by atoms with E-state index in [1.165, 1.54) is 10.9 Å². The monoisotopic (exact) mass is 820 g/mol. The number of fused-ring (bicyclic) bond motifs is 3. The maximum absolute atomic E-state index is 14.1. The smallest absolute Gasteiger partial charge is 0.261 e. The molecule has 0 aliphatic carbocycles. The molecule has 59 heavy (non-hydrogen) atoms. The quantitative estimate of drug-likeness (QED) is 0.133. The third-order valence-corrected chi connectivity index (χ3v) is 12.0. The fraction of sp³-hybridized carbons (Fsp3) is 0.422. The van der Waals surface area contributed by atoms with E-state index in [1.807, 2.05) is 60.3 Å². The third-order valence-electron chi connectivity index (χ3n) is 11.6. The number of anilines is 1. The topological polar surface area (TPSA) is 153 Å². The highest BCUT2D eigenvalue weighted by molar-refractivity contribution is 6.36. The highest BCUT2D eigenvalue weighted by Gasteiger charge is 2.36. The molecule has 7 rings (SSSR count). The van der Waals surface area contributed by atoms with Crippen LogP contribution in [0.3, 0.4) is 0 Å². The molecule has 310 valence electrons. The van der Waals surface area contributed by atoms with Gasteiger partial charge in [0.05, 0.1) is 45.6 Å². The first-order valence-electron chi connectivity index (χ1n) is 20.4. The molecule has 14 heteroatoms. The minimum Gasteiger partial charge on any atom is -0.388 e. The van der Waals surface area contributed by atoms with E-state index < -0.39 is 5.60 Å². The molecule has 0 radical (unpaired) electrons. The summed E-state index contributed by atoms with van der Waals surface area (Å²) in [5.41, 5.74) is 3.84. The summed E-state index contributed by atoms with van der Waals surface area (Å²) in [6, 6.07) is 20.4. The molecule has 1 atom stereocenters. The fourth-order valence-electron chi connectivity index (χ4n) is 8.11. The van der Waals surface area contributed by atoms with Crippen LogP contribution >= 0.6 is 11.6 Å². The number of carbonyl (C=O) groups is 3. The second-order valence-corrected chi connectivity index (χ2v) is 16.8. The predicted octanol–water partition coefficient (Wildman–Crippen LogP) is 4.90. The van der Waals surface area contributed by atoms with Crippen LogP contribution in [0.15, 0.2) is 77.9 Å². The number of hydrogen-bond donors (Lipinski definition) is 3. The van der Waals surface area contributed by atoms with Crippen molar-refractivity contribution in [1.29, 1.82) is 0 Å². The van der Waals surface area contributed by atoms with Crippen LogP contribution in [-0.4, -0.2) is 112 Å². The van der Waals surface area contributed by atoms with Crippen molar-refractivity contribution in [3.63, 3.8) is 0 Å². The second kappa shape index (κ2) is 18.4. The van der Waals surface area contributed by atoms with Gasteiger partial charge in [-0.25, -0.2) is 4.98 Å². The lowest BCUT2D eigenvalue weighted by Gasteiger charge is -2.39. The number of hydrogen-bond acceptors (Lipinski definition) is 9. The summed E-state index contributed by atoms with van der Waals surface area (Å²) in [4.78, 5) is 68.5. The number of piperidine rings is 1. The van der Waals surface area contributed by atoms with Gasteiger partial charge in [-0.05, 0) is 101 Å². The lowest BCUT2D eigenvalue weighted by molar-refractivity contribution is -0.140. The SMILES string of the molecule is CN(C)CCC(=O)Nc1ccc2c(=O)n(CC3(O)CCN(C(=O)[C@H](CCCNC(=O)c4ccc5c(Cl)c6c(nc5c4)CN(C)CC6)Cc4ccccc4)CC3)cnc2c1. The van der Waals surface area contributed by atoms with Crippen molar-refractivity contribution in [2.75, 3.05) is 59.2 Å². The summed E-state index contributed by atoms with van der Waals surface area (Å²) in [5, 5.41) is 19.5. The van der Waals surface area contributed by atoms with Crippen LogP contribution in [0.2, 0.25) is 5.02 Å². The number of rotatable bonds is 14. The molecule has 3 amide bonds. The Hall–Kier alpha value is -5.21. The maximum Gasteiger partial charge on any atom is 0.261 e. The zero-order chi connectivity index (χ0) is 41.7. The third kappa shape index (κ3) is 10.2. The maximum atomic E-state index is 14.1. The van der Waals surface area contributed by atoms with Crippen molar-refractivity contribution in [2.45, 2.75) is 63.6 Å². The zero-order valence-corrected chi connectivity index (χ0v) is 34.8. The molecule has 0 saturated carbocycles. The molecule has 2 aromatic heterocycles. The zero-order valence-electron chi connectivity index (χ0n) is 34.0. The second-order valence-electron chi connectivity index (χ2n) is 16.4. The highest BCUT2D eigenvalue weighted by atomic mass is 35.5. The van der Waals surface area contributed by atoms with E-state index >= 15 is 0 Å². The molecular formula is C45H53ClN8O5. The fourth-order valence-corrected chi connectivity index (χ4v) is 8.48. The molecule has 3 aromatic carbocycles. The number of aromatic nitrogens is 3. The first-order chi connectivity index (χ1) is 28.4. The van der Waals surface area contributed by atoms with E-state index in [9.17, 15) is 24.3 Å². The average Bonchev–Trinajstić information content (AvgIpc) is 3.22. The van der Waals surface area contributed by atoms with Gasteiger partial charge in [0.15, 0.2) is 0 Å². The minimum absolute atomic E-state index is 0.0165. The number of benzene rings is 3. The van der Waals surface area contributed by atoms with Gasteiger partial charge in [0, 0.05) is 68.2 Å². The summed E-state index contributed by atoms with van der Waals surface area (Å²) < 4.78 is 1.43. The van der Waals surface area contributed by atoms with E-state index in [-0.39, 0.29) is 35.7 Å². The number of pyridine rings is 1. The van der Waals surface area contributed by atoms with Crippen molar-refractivity contribution < 1.29 is 19.5 Å². The standard InChI is InChI=1S/C45H53ClN8O5/c1-51(2)20-16-40(55)49-33-12-14-36-37(26-33)48-29-54(44(36)58)28-45(59)17-22-53(23-18-45)43(57)32(24-30-8-5-4-6-9-30)10-7-19-47-42(56)31-11-13-34-38(25-31)50-39-27-52(3)21-15-35(39)41(34)46/h4-6,8-9,11-14,25-26,29,32,59H,7,10,15-24,27-28H2,1-3H3,(H,47,56)(H,49,55)/t32-/m1/s1. The van der Waals surface area contributed by atoms with Gasteiger partial charge in [-0.15, -0.1) is 0 Å². The molecule has 1 fully saturated rings. The number of aliphatic hydroxyl groups is 1. The van der Waals surface area contributed by atoms with Crippen molar-refractivity contribution in [3.05, 3.63) is 111 Å². The molecule has 0 unspecified atom stereocenters. The minimum atomic E-state index is -1.20. The molecular weight excluding hydrogens is 768 g/mol. The van der Waals surface area contributed by atoms with Crippen LogP contribution in [0.25, 0.3) is 21.8 Å².